The molecule has 7 rings (SSSR count). The molecule has 0 atom stereocenters. The van der Waals surface area contributed by atoms with E-state index in [1.54, 1.807) is 0 Å². The van der Waals surface area contributed by atoms with Gasteiger partial charge in [-0.1, -0.05) is 123 Å². The van der Waals surface area contributed by atoms with Crippen LogP contribution in [-0.2, 0) is 5.41 Å². The minimum Gasteiger partial charge on any atom is -0.309 e. The van der Waals surface area contributed by atoms with Crippen molar-refractivity contribution in [1.82, 2.24) is 0 Å². The molecule has 0 fully saturated rings. The fourth-order valence-electron chi connectivity index (χ4n) is 6.02. The van der Waals surface area contributed by atoms with Gasteiger partial charge in [0.2, 0.25) is 0 Å². The second-order valence-corrected chi connectivity index (χ2v) is 10.7. The van der Waals surface area contributed by atoms with Gasteiger partial charge in [0.1, 0.15) is 0 Å². The summed E-state index contributed by atoms with van der Waals surface area (Å²) in [4.78, 5) is 2.47. The van der Waals surface area contributed by atoms with Gasteiger partial charge >= 0.3 is 0 Å². The van der Waals surface area contributed by atoms with Gasteiger partial charge in [-0.25, -0.2) is 0 Å². The van der Waals surface area contributed by atoms with Crippen LogP contribution in [0.15, 0.2) is 140 Å². The molecule has 38 heavy (non-hydrogen) atoms. The first kappa shape index (κ1) is 22.6. The molecule has 0 N–H and O–H groups in total. The van der Waals surface area contributed by atoms with Crippen molar-refractivity contribution in [3.63, 3.8) is 0 Å². The van der Waals surface area contributed by atoms with Crippen molar-refractivity contribution in [2.75, 3.05) is 4.90 Å². The van der Waals surface area contributed by atoms with Gasteiger partial charge in [-0.15, -0.1) is 0 Å². The zero-order chi connectivity index (χ0) is 25.7. The van der Waals surface area contributed by atoms with Crippen molar-refractivity contribution in [3.05, 3.63) is 151 Å². The van der Waals surface area contributed by atoms with Gasteiger partial charge in [0.05, 0.1) is 17.1 Å². The van der Waals surface area contributed by atoms with Gasteiger partial charge in [-0.05, 0) is 69.1 Å². The van der Waals surface area contributed by atoms with Crippen LogP contribution in [0.2, 0.25) is 0 Å². The maximum absolute atomic E-state index is 2.47. The van der Waals surface area contributed by atoms with E-state index < -0.39 is 0 Å². The average molecular weight is 488 g/mol. The van der Waals surface area contributed by atoms with Crippen LogP contribution in [0.4, 0.5) is 17.1 Å². The number of rotatable bonds is 3. The molecule has 0 unspecified atom stereocenters. The van der Waals surface area contributed by atoms with Crippen molar-refractivity contribution in [1.29, 1.82) is 0 Å². The molecule has 6 aromatic carbocycles. The Morgan fingerprint density at radius 3 is 1.50 bits per heavy atom. The average Bonchev–Trinajstić information content (AvgIpc) is 2.98. The van der Waals surface area contributed by atoms with Crippen LogP contribution in [0.25, 0.3) is 33.0 Å². The van der Waals surface area contributed by atoms with Gasteiger partial charge in [-0.2, -0.15) is 0 Å². The molecule has 1 heteroatoms. The fourth-order valence-corrected chi connectivity index (χ4v) is 6.02. The molecular formula is C37H29N. The highest BCUT2D eigenvalue weighted by Crippen LogP contribution is 2.54. The predicted octanol–water partition coefficient (Wildman–Crippen LogP) is 10.3. The number of nitrogens with zero attached hydrogens (tertiary/aromatic N) is 1. The Kier molecular flexibility index (Phi) is 5.19. The lowest BCUT2D eigenvalue weighted by Gasteiger charge is -2.43. The minimum absolute atomic E-state index is 0.179. The maximum Gasteiger partial charge on any atom is 0.0540 e. The SMILES string of the molecule is CC1(C)c2cc(-c3ccccc3)ccc2N(c2cccc3ccccc23)c2ccc(-c3ccccc3)cc21. The molecule has 1 nitrogen and oxygen atoms in total. The summed E-state index contributed by atoms with van der Waals surface area (Å²) < 4.78 is 0. The topological polar surface area (TPSA) is 3.24 Å². The van der Waals surface area contributed by atoms with E-state index in [1.807, 2.05) is 0 Å². The zero-order valence-electron chi connectivity index (χ0n) is 21.7. The van der Waals surface area contributed by atoms with E-state index in [2.05, 4.69) is 158 Å². The van der Waals surface area contributed by atoms with E-state index in [9.17, 15) is 0 Å². The second kappa shape index (κ2) is 8.75. The molecule has 0 spiro atoms. The van der Waals surface area contributed by atoms with Crippen LogP contribution in [0.3, 0.4) is 0 Å². The molecule has 0 saturated heterocycles. The number of hydrogen-bond donors (Lipinski definition) is 0. The van der Waals surface area contributed by atoms with E-state index in [4.69, 9.17) is 0 Å². The normalized spacial score (nSPS) is 13.7. The first-order valence-electron chi connectivity index (χ1n) is 13.3. The highest BCUT2D eigenvalue weighted by atomic mass is 15.2. The van der Waals surface area contributed by atoms with Crippen LogP contribution in [0, 0.1) is 0 Å². The largest absolute Gasteiger partial charge is 0.309 e. The van der Waals surface area contributed by atoms with E-state index in [0.29, 0.717) is 0 Å². The van der Waals surface area contributed by atoms with Gasteiger partial charge in [0.25, 0.3) is 0 Å². The zero-order valence-corrected chi connectivity index (χ0v) is 21.7. The van der Waals surface area contributed by atoms with Gasteiger partial charge in [0, 0.05) is 10.8 Å². The maximum atomic E-state index is 2.47. The monoisotopic (exact) mass is 487 g/mol. The first-order chi connectivity index (χ1) is 18.6. The summed E-state index contributed by atoms with van der Waals surface area (Å²) in [6.45, 7) is 4.74. The smallest absolute Gasteiger partial charge is 0.0540 e. The third kappa shape index (κ3) is 3.55. The predicted molar refractivity (Wildman–Crippen MR) is 162 cm³/mol. The summed E-state index contributed by atoms with van der Waals surface area (Å²) in [6, 6.07) is 50.7. The highest BCUT2D eigenvalue weighted by Gasteiger charge is 2.37. The highest BCUT2D eigenvalue weighted by molar-refractivity contribution is 6.01. The molecule has 0 saturated carbocycles. The van der Waals surface area contributed by atoms with Crippen LogP contribution in [0.1, 0.15) is 25.0 Å². The molecule has 1 aliphatic rings. The lowest BCUT2D eigenvalue weighted by atomic mass is 9.72. The first-order valence-corrected chi connectivity index (χ1v) is 13.3. The quantitative estimate of drug-likeness (QED) is 0.240. The molecule has 0 aromatic heterocycles. The minimum atomic E-state index is -0.179. The van der Waals surface area contributed by atoms with E-state index in [0.717, 1.165) is 0 Å². The molecule has 0 aliphatic carbocycles. The number of hydrogen-bond acceptors (Lipinski definition) is 1. The Morgan fingerprint density at radius 1 is 0.421 bits per heavy atom. The number of fused-ring (bicyclic) bond motifs is 3. The van der Waals surface area contributed by atoms with Crippen LogP contribution in [-0.4, -0.2) is 0 Å². The van der Waals surface area contributed by atoms with Gasteiger partial charge in [0.15, 0.2) is 0 Å². The van der Waals surface area contributed by atoms with Crippen molar-refractivity contribution >= 4 is 27.8 Å². The number of benzene rings is 6. The molecule has 182 valence electrons. The van der Waals surface area contributed by atoms with Gasteiger partial charge < -0.3 is 4.90 Å². The fraction of sp³-hybridized carbons (Fsp3) is 0.0811. The van der Waals surface area contributed by atoms with Crippen molar-refractivity contribution in [2.45, 2.75) is 19.3 Å². The Labute approximate surface area is 224 Å². The lowest BCUT2D eigenvalue weighted by molar-refractivity contribution is 0.632. The lowest BCUT2D eigenvalue weighted by Crippen LogP contribution is -2.30. The van der Waals surface area contributed by atoms with Crippen LogP contribution in [0.5, 0.6) is 0 Å². The van der Waals surface area contributed by atoms with Crippen molar-refractivity contribution in [2.24, 2.45) is 0 Å². The molecule has 6 aromatic rings. The third-order valence-electron chi connectivity index (χ3n) is 8.04. The van der Waals surface area contributed by atoms with Crippen molar-refractivity contribution < 1.29 is 0 Å². The summed E-state index contributed by atoms with van der Waals surface area (Å²) in [5.41, 5.74) is 11.2. The van der Waals surface area contributed by atoms with Gasteiger partial charge in [-0.3, -0.25) is 0 Å². The molecule has 0 bridgehead atoms. The molecule has 0 amide bonds. The van der Waals surface area contributed by atoms with Crippen molar-refractivity contribution in [3.8, 4) is 22.3 Å². The Balaban J connectivity index is 1.51. The summed E-state index contributed by atoms with van der Waals surface area (Å²) in [5, 5.41) is 2.51. The Bertz CT molecular complexity index is 1680. The molecule has 0 radical (unpaired) electrons. The van der Waals surface area contributed by atoms with E-state index in [-0.39, 0.29) is 5.41 Å². The summed E-state index contributed by atoms with van der Waals surface area (Å²) in [5.74, 6) is 0. The Hall–Kier alpha value is -4.62. The second-order valence-electron chi connectivity index (χ2n) is 10.7. The standard InChI is InChI=1S/C37H29N/c1-37(2)32-24-29(26-12-5-3-6-13-26)20-22-35(32)38(34-19-11-17-28-16-9-10-18-31(28)34)36-23-21-30(25-33(36)37)27-14-7-4-8-15-27/h3-25H,1-2H3. The molecule has 1 heterocycles. The van der Waals surface area contributed by atoms with E-state index >= 15 is 0 Å². The molecular weight excluding hydrogens is 458 g/mol. The van der Waals surface area contributed by atoms with E-state index in [1.165, 1.54) is 61.2 Å². The van der Waals surface area contributed by atoms with Crippen LogP contribution >= 0.6 is 0 Å². The van der Waals surface area contributed by atoms with Crippen LogP contribution < -0.4 is 4.90 Å². The summed E-state index contributed by atoms with van der Waals surface area (Å²) in [6.07, 6.45) is 0. The summed E-state index contributed by atoms with van der Waals surface area (Å²) >= 11 is 0. The third-order valence-corrected chi connectivity index (χ3v) is 8.04. The Morgan fingerprint density at radius 2 is 0.921 bits per heavy atom. The summed E-state index contributed by atoms with van der Waals surface area (Å²) in [7, 11) is 0. The number of anilines is 3. The molecule has 1 aliphatic heterocycles.